The van der Waals surface area contributed by atoms with Crippen molar-refractivity contribution in [3.8, 4) is 6.07 Å². The Morgan fingerprint density at radius 2 is 2.29 bits per heavy atom. The van der Waals surface area contributed by atoms with Crippen molar-refractivity contribution in [3.05, 3.63) is 28.8 Å². The summed E-state index contributed by atoms with van der Waals surface area (Å²) in [4.78, 5) is 14.1. The minimum Gasteiger partial charge on any atom is -0.469 e. The van der Waals surface area contributed by atoms with Gasteiger partial charge in [0.15, 0.2) is 0 Å². The molecule has 0 unspecified atom stereocenters. The van der Waals surface area contributed by atoms with Gasteiger partial charge < -0.3 is 4.74 Å². The Morgan fingerprint density at radius 1 is 1.65 bits per heavy atom. The first-order valence-electron chi connectivity index (χ1n) is 4.43. The van der Waals surface area contributed by atoms with Gasteiger partial charge in [0, 0.05) is 6.20 Å². The number of carbonyl (C=O) groups is 1. The second-order valence-electron chi connectivity index (χ2n) is 3.03. The highest BCUT2D eigenvalue weighted by Gasteiger charge is 2.23. The van der Waals surface area contributed by atoms with E-state index < -0.39 is 35.9 Å². The zero-order valence-corrected chi connectivity index (χ0v) is 8.71. The largest absolute Gasteiger partial charge is 0.469 e. The van der Waals surface area contributed by atoms with Gasteiger partial charge in [-0.3, -0.25) is 4.79 Å². The van der Waals surface area contributed by atoms with Gasteiger partial charge in [-0.1, -0.05) is 0 Å². The van der Waals surface area contributed by atoms with Crippen LogP contribution in [0.4, 0.5) is 13.2 Å². The third-order valence-corrected chi connectivity index (χ3v) is 2.04. The molecule has 7 heteroatoms. The van der Waals surface area contributed by atoms with Crippen LogP contribution in [-0.4, -0.2) is 18.1 Å². The average molecular weight is 244 g/mol. The van der Waals surface area contributed by atoms with E-state index in [-0.39, 0.29) is 5.56 Å². The average Bonchev–Trinajstić information content (AvgIpc) is 2.30. The number of pyridine rings is 1. The van der Waals surface area contributed by atoms with Gasteiger partial charge in [-0.15, -0.1) is 0 Å². The van der Waals surface area contributed by atoms with Gasteiger partial charge in [-0.2, -0.15) is 9.65 Å². The van der Waals surface area contributed by atoms with Crippen molar-refractivity contribution in [2.24, 2.45) is 0 Å². The Morgan fingerprint density at radius 3 is 2.76 bits per heavy atom. The minimum absolute atomic E-state index is 0.0870. The van der Waals surface area contributed by atoms with Crippen LogP contribution < -0.4 is 0 Å². The number of ether oxygens (including phenoxy) is 1. The molecule has 0 aliphatic rings. The smallest absolute Gasteiger partial charge is 0.310 e. The van der Waals surface area contributed by atoms with Crippen LogP contribution in [0.1, 0.15) is 23.1 Å². The van der Waals surface area contributed by atoms with E-state index in [1.54, 1.807) is 0 Å². The molecule has 0 bridgehead atoms. The van der Waals surface area contributed by atoms with Crippen molar-refractivity contribution >= 4 is 5.97 Å². The maximum atomic E-state index is 13.0. The molecule has 1 aromatic rings. The number of nitriles is 1. The number of nitrogens with zero attached hydrogens (tertiary/aromatic N) is 2. The molecule has 0 saturated carbocycles. The summed E-state index contributed by atoms with van der Waals surface area (Å²) >= 11 is 0. The van der Waals surface area contributed by atoms with Crippen molar-refractivity contribution in [2.75, 3.05) is 7.11 Å². The topological polar surface area (TPSA) is 63.0 Å². The molecule has 4 nitrogen and oxygen atoms in total. The van der Waals surface area contributed by atoms with Crippen LogP contribution in [0.15, 0.2) is 6.20 Å². The number of rotatable bonds is 3. The number of aromatic nitrogens is 1. The van der Waals surface area contributed by atoms with E-state index in [1.165, 1.54) is 6.07 Å². The summed E-state index contributed by atoms with van der Waals surface area (Å²) in [6.45, 7) is 0. The van der Waals surface area contributed by atoms with Gasteiger partial charge in [0.1, 0.15) is 6.07 Å². The van der Waals surface area contributed by atoms with Gasteiger partial charge >= 0.3 is 5.97 Å². The molecule has 0 N–H and O–H groups in total. The Kier molecular flexibility index (Phi) is 4.04. The number of methoxy groups -OCH3 is 1. The monoisotopic (exact) mass is 244 g/mol. The predicted octanol–water partition coefficient (Wildman–Crippen LogP) is 1.75. The molecule has 0 saturated heterocycles. The van der Waals surface area contributed by atoms with Crippen molar-refractivity contribution in [1.29, 1.82) is 5.26 Å². The number of alkyl halides is 2. The van der Waals surface area contributed by atoms with Crippen LogP contribution in [0.3, 0.4) is 0 Å². The molecular formula is C10H7F3N2O2. The summed E-state index contributed by atoms with van der Waals surface area (Å²) in [5.41, 5.74) is -1.75. The van der Waals surface area contributed by atoms with E-state index in [0.29, 0.717) is 0 Å². The van der Waals surface area contributed by atoms with Crippen molar-refractivity contribution in [2.45, 2.75) is 12.8 Å². The van der Waals surface area contributed by atoms with Gasteiger partial charge in [0.05, 0.1) is 24.7 Å². The number of hydrogen-bond acceptors (Lipinski definition) is 4. The number of carbonyl (C=O) groups excluding carboxylic acids is 1. The number of esters is 1. The maximum Gasteiger partial charge on any atom is 0.310 e. The summed E-state index contributed by atoms with van der Waals surface area (Å²) < 4.78 is 42.4. The first kappa shape index (κ1) is 13.0. The number of halogens is 3. The van der Waals surface area contributed by atoms with Crippen LogP contribution in [0.5, 0.6) is 0 Å². The third-order valence-electron chi connectivity index (χ3n) is 2.04. The molecule has 0 aromatic carbocycles. The van der Waals surface area contributed by atoms with Crippen molar-refractivity contribution < 1.29 is 22.7 Å². The Labute approximate surface area is 94.6 Å². The van der Waals surface area contributed by atoms with E-state index in [2.05, 4.69) is 9.72 Å². The van der Waals surface area contributed by atoms with E-state index in [1.807, 2.05) is 0 Å². The predicted molar refractivity (Wildman–Crippen MR) is 49.6 cm³/mol. The van der Waals surface area contributed by atoms with Crippen molar-refractivity contribution in [3.63, 3.8) is 0 Å². The van der Waals surface area contributed by atoms with E-state index in [4.69, 9.17) is 5.26 Å². The zero-order valence-electron chi connectivity index (χ0n) is 8.71. The standard InChI is InChI=1S/C10H7F3N2O2/c1-17-7(16)2-5-4-15-10(13)8(9(11)12)6(5)3-14/h4,9H,2H2,1H3. The highest BCUT2D eigenvalue weighted by molar-refractivity contribution is 5.73. The molecule has 1 aromatic heterocycles. The van der Waals surface area contributed by atoms with Crippen LogP contribution in [-0.2, 0) is 16.0 Å². The molecule has 90 valence electrons. The molecule has 0 aliphatic carbocycles. The Balaban J connectivity index is 3.29. The molecule has 17 heavy (non-hydrogen) atoms. The van der Waals surface area contributed by atoms with Crippen LogP contribution in [0.2, 0.25) is 0 Å². The fraction of sp³-hybridized carbons (Fsp3) is 0.300. The quantitative estimate of drug-likeness (QED) is 0.600. The maximum absolute atomic E-state index is 13.0. The second kappa shape index (κ2) is 5.30. The van der Waals surface area contributed by atoms with Gasteiger partial charge in [0.25, 0.3) is 6.43 Å². The van der Waals surface area contributed by atoms with Gasteiger partial charge in [0.2, 0.25) is 5.95 Å². The van der Waals surface area contributed by atoms with E-state index in [0.717, 1.165) is 13.3 Å². The lowest BCUT2D eigenvalue weighted by Gasteiger charge is -2.08. The summed E-state index contributed by atoms with van der Waals surface area (Å²) in [6, 6.07) is 1.45. The molecule has 0 amide bonds. The summed E-state index contributed by atoms with van der Waals surface area (Å²) in [7, 11) is 1.11. The van der Waals surface area contributed by atoms with E-state index >= 15 is 0 Å². The molecule has 0 radical (unpaired) electrons. The summed E-state index contributed by atoms with van der Waals surface area (Å²) in [5, 5.41) is 8.73. The SMILES string of the molecule is COC(=O)Cc1cnc(F)c(C(F)F)c1C#N. The first-order valence-corrected chi connectivity index (χ1v) is 4.43. The lowest BCUT2D eigenvalue weighted by molar-refractivity contribution is -0.139. The third kappa shape index (κ3) is 2.72. The van der Waals surface area contributed by atoms with Gasteiger partial charge in [-0.25, -0.2) is 13.8 Å². The summed E-state index contributed by atoms with van der Waals surface area (Å²) in [5.74, 6) is -2.14. The van der Waals surface area contributed by atoms with Crippen LogP contribution >= 0.6 is 0 Å². The van der Waals surface area contributed by atoms with Crippen LogP contribution in [0, 0.1) is 17.3 Å². The lowest BCUT2D eigenvalue weighted by Crippen LogP contribution is -2.10. The molecule has 0 atom stereocenters. The molecule has 0 aliphatic heterocycles. The van der Waals surface area contributed by atoms with E-state index in [9.17, 15) is 18.0 Å². The highest BCUT2D eigenvalue weighted by Crippen LogP contribution is 2.26. The Bertz CT molecular complexity index is 483. The minimum atomic E-state index is -3.17. The van der Waals surface area contributed by atoms with Gasteiger partial charge in [-0.05, 0) is 5.56 Å². The molecule has 1 heterocycles. The molecule has 0 spiro atoms. The normalized spacial score (nSPS) is 10.1. The summed E-state index contributed by atoms with van der Waals surface area (Å²) in [6.07, 6.45) is -2.71. The van der Waals surface area contributed by atoms with Crippen LogP contribution in [0.25, 0.3) is 0 Å². The first-order chi connectivity index (χ1) is 8.01. The molecule has 1 rings (SSSR count). The second-order valence-corrected chi connectivity index (χ2v) is 3.03. The fourth-order valence-electron chi connectivity index (χ4n) is 1.24. The molecular weight excluding hydrogens is 237 g/mol. The lowest BCUT2D eigenvalue weighted by atomic mass is 10.0. The Hall–Kier alpha value is -2.10. The zero-order chi connectivity index (χ0) is 13.0. The van der Waals surface area contributed by atoms with Crippen molar-refractivity contribution in [1.82, 2.24) is 4.98 Å². The fourth-order valence-corrected chi connectivity index (χ4v) is 1.24. The highest BCUT2D eigenvalue weighted by atomic mass is 19.3. The number of hydrogen-bond donors (Lipinski definition) is 0. The molecule has 0 fully saturated rings.